The van der Waals surface area contributed by atoms with Crippen LogP contribution in [0, 0.1) is 5.82 Å². The Balaban J connectivity index is 0.00000162. The number of nitrogens with zero attached hydrogens (tertiary/aromatic N) is 5. The average Bonchev–Trinajstić information content (AvgIpc) is 2.82. The van der Waals surface area contributed by atoms with Gasteiger partial charge in [-0.3, -0.25) is 0 Å². The van der Waals surface area contributed by atoms with E-state index < -0.39 is 7.12 Å². The van der Waals surface area contributed by atoms with Gasteiger partial charge < -0.3 is 15.2 Å². The van der Waals surface area contributed by atoms with E-state index >= 15 is 0 Å². The SMILES string of the molecule is Cl.OB(O)[C]1C=CC(=C(O)N=C2N=NN=N2)C=C1. The second-order valence-electron chi connectivity index (χ2n) is 3.11. The summed E-state index contributed by atoms with van der Waals surface area (Å²) >= 11 is 0. The molecule has 93 valence electrons. The van der Waals surface area contributed by atoms with Crippen LogP contribution in [0.3, 0.4) is 0 Å². The molecule has 1 heterocycles. The fraction of sp³-hybridized carbons (Fsp3) is 0. The third kappa shape index (κ3) is 3.33. The number of guanidine groups is 1. The number of hydrogen-bond acceptors (Lipinski definition) is 6. The van der Waals surface area contributed by atoms with Crippen molar-refractivity contribution in [2.75, 3.05) is 0 Å². The monoisotopic (exact) mass is 268 g/mol. The predicted octanol–water partition coefficient (Wildman–Crippen LogP) is 1.08. The van der Waals surface area contributed by atoms with Gasteiger partial charge in [-0.2, -0.15) is 4.99 Å². The summed E-state index contributed by atoms with van der Waals surface area (Å²) in [5.74, 6) is -0.0398. The fourth-order valence-electron chi connectivity index (χ4n) is 1.15. The maximum absolute atomic E-state index is 9.61. The Morgan fingerprint density at radius 3 is 2.11 bits per heavy atom. The lowest BCUT2D eigenvalue weighted by atomic mass is 9.71. The Morgan fingerprint density at radius 2 is 1.61 bits per heavy atom. The van der Waals surface area contributed by atoms with Crippen molar-refractivity contribution in [3.05, 3.63) is 41.6 Å². The minimum atomic E-state index is -1.55. The van der Waals surface area contributed by atoms with Crippen LogP contribution < -0.4 is 0 Å². The molecule has 0 saturated carbocycles. The van der Waals surface area contributed by atoms with Crippen LogP contribution in [-0.4, -0.2) is 28.2 Å². The van der Waals surface area contributed by atoms with Crippen LogP contribution in [0.25, 0.3) is 0 Å². The zero-order chi connectivity index (χ0) is 12.3. The summed E-state index contributed by atoms with van der Waals surface area (Å²) in [7, 11) is -1.55. The number of aliphatic hydroxyl groups is 1. The summed E-state index contributed by atoms with van der Waals surface area (Å²) < 4.78 is 0. The summed E-state index contributed by atoms with van der Waals surface area (Å²) in [4.78, 5) is 3.66. The third-order valence-corrected chi connectivity index (χ3v) is 1.98. The van der Waals surface area contributed by atoms with E-state index in [-0.39, 0.29) is 24.2 Å². The van der Waals surface area contributed by atoms with Crippen molar-refractivity contribution in [3.8, 4) is 0 Å². The maximum Gasteiger partial charge on any atom is 0.466 e. The van der Waals surface area contributed by atoms with Crippen LogP contribution in [-0.2, 0) is 0 Å². The highest BCUT2D eigenvalue weighted by Crippen LogP contribution is 2.19. The van der Waals surface area contributed by atoms with Crippen molar-refractivity contribution in [1.82, 2.24) is 0 Å². The number of aliphatic hydroxyl groups excluding tert-OH is 1. The lowest BCUT2D eigenvalue weighted by Crippen LogP contribution is -2.20. The Hall–Kier alpha value is -1.84. The van der Waals surface area contributed by atoms with Gasteiger partial charge in [-0.05, 0) is 10.4 Å². The number of halogens is 1. The fourth-order valence-corrected chi connectivity index (χ4v) is 1.15. The summed E-state index contributed by atoms with van der Waals surface area (Å²) in [6.45, 7) is 0. The molecule has 1 aliphatic heterocycles. The van der Waals surface area contributed by atoms with Gasteiger partial charge in [-0.15, -0.1) is 12.4 Å². The highest BCUT2D eigenvalue weighted by molar-refractivity contribution is 6.50. The summed E-state index contributed by atoms with van der Waals surface area (Å²) in [6, 6.07) is 0. The zero-order valence-electron chi connectivity index (χ0n) is 8.87. The molecule has 1 aliphatic carbocycles. The van der Waals surface area contributed by atoms with E-state index in [4.69, 9.17) is 10.0 Å². The molecule has 3 N–H and O–H groups in total. The molecule has 0 aromatic rings. The van der Waals surface area contributed by atoms with Gasteiger partial charge in [-0.1, -0.05) is 34.5 Å². The molecule has 0 aromatic carbocycles. The lowest BCUT2D eigenvalue weighted by molar-refractivity contribution is 0.402. The predicted molar refractivity (Wildman–Crippen MR) is 65.8 cm³/mol. The van der Waals surface area contributed by atoms with Crippen LogP contribution in [0.5, 0.6) is 0 Å². The van der Waals surface area contributed by atoms with Crippen LogP contribution >= 0.6 is 12.4 Å². The second kappa shape index (κ2) is 6.19. The van der Waals surface area contributed by atoms with E-state index in [2.05, 4.69) is 25.7 Å². The van der Waals surface area contributed by atoms with Gasteiger partial charge in [0, 0.05) is 5.57 Å². The van der Waals surface area contributed by atoms with Gasteiger partial charge in [0.15, 0.2) is 0 Å². The van der Waals surface area contributed by atoms with Gasteiger partial charge in [0.2, 0.25) is 5.88 Å². The first-order valence-corrected chi connectivity index (χ1v) is 4.59. The summed E-state index contributed by atoms with van der Waals surface area (Å²) in [5.41, 5.74) is 0.388. The molecule has 0 aromatic heterocycles. The minimum Gasteiger partial charge on any atom is -0.493 e. The highest BCUT2D eigenvalue weighted by Gasteiger charge is 2.20. The quantitative estimate of drug-likeness (QED) is 0.513. The smallest absolute Gasteiger partial charge is 0.466 e. The first-order valence-electron chi connectivity index (χ1n) is 4.59. The molecular weight excluding hydrogens is 260 g/mol. The molecule has 2 rings (SSSR count). The second-order valence-corrected chi connectivity index (χ2v) is 3.11. The molecule has 0 spiro atoms. The maximum atomic E-state index is 9.61. The minimum absolute atomic E-state index is 0. The topological polar surface area (TPSA) is 122 Å². The van der Waals surface area contributed by atoms with Crippen molar-refractivity contribution < 1.29 is 15.2 Å². The molecule has 8 nitrogen and oxygen atoms in total. The Morgan fingerprint density at radius 1 is 1.06 bits per heavy atom. The summed E-state index contributed by atoms with van der Waals surface area (Å²) in [5, 5.41) is 40.7. The van der Waals surface area contributed by atoms with E-state index in [1.807, 2.05) is 0 Å². The molecule has 0 bridgehead atoms. The molecule has 0 fully saturated rings. The van der Waals surface area contributed by atoms with Crippen molar-refractivity contribution >= 4 is 25.5 Å². The normalized spacial score (nSPS) is 17.0. The van der Waals surface area contributed by atoms with Crippen LogP contribution in [0.2, 0.25) is 0 Å². The van der Waals surface area contributed by atoms with Crippen LogP contribution in [0.4, 0.5) is 0 Å². The number of allylic oxidation sites excluding steroid dienone is 5. The lowest BCUT2D eigenvalue weighted by Gasteiger charge is -2.09. The molecule has 10 heteroatoms. The Labute approximate surface area is 108 Å². The molecule has 2 aliphatic rings. The Bertz CT molecular complexity index is 467. The standard InChI is InChI=1S/C8H7BN5O3.ClH/c15-7(10-8-11-13-14-12-8)5-1-3-6(4-2-5)9(16)17;/h1-4,15-17H;1H. The van der Waals surface area contributed by atoms with Crippen LogP contribution in [0.1, 0.15) is 0 Å². The molecule has 0 unspecified atom stereocenters. The van der Waals surface area contributed by atoms with Crippen molar-refractivity contribution in [2.45, 2.75) is 0 Å². The van der Waals surface area contributed by atoms with Crippen molar-refractivity contribution in [2.24, 2.45) is 25.7 Å². The largest absolute Gasteiger partial charge is 0.493 e. The van der Waals surface area contributed by atoms with Crippen molar-refractivity contribution in [3.63, 3.8) is 0 Å². The van der Waals surface area contributed by atoms with Gasteiger partial charge in [0.1, 0.15) is 0 Å². The average molecular weight is 268 g/mol. The van der Waals surface area contributed by atoms with Gasteiger partial charge >= 0.3 is 7.12 Å². The number of aliphatic imine (C=N–C) groups is 1. The van der Waals surface area contributed by atoms with E-state index in [9.17, 15) is 5.11 Å². The van der Waals surface area contributed by atoms with Gasteiger partial charge in [0.25, 0.3) is 5.96 Å². The number of hydrogen-bond donors (Lipinski definition) is 3. The zero-order valence-corrected chi connectivity index (χ0v) is 9.69. The van der Waals surface area contributed by atoms with Gasteiger partial charge in [0.05, 0.1) is 5.82 Å². The molecule has 0 saturated heterocycles. The van der Waals surface area contributed by atoms with Crippen molar-refractivity contribution in [1.29, 1.82) is 0 Å². The first-order chi connectivity index (χ1) is 8.16. The van der Waals surface area contributed by atoms with E-state index in [1.165, 1.54) is 24.3 Å². The Kier molecular flexibility index (Phi) is 4.90. The number of rotatable bonds is 2. The van der Waals surface area contributed by atoms with E-state index in [0.29, 0.717) is 11.4 Å². The molecule has 0 amide bonds. The molecule has 1 radical (unpaired) electrons. The summed E-state index contributed by atoms with van der Waals surface area (Å²) in [6.07, 6.45) is 5.87. The van der Waals surface area contributed by atoms with E-state index in [0.717, 1.165) is 0 Å². The van der Waals surface area contributed by atoms with Gasteiger partial charge in [-0.25, -0.2) is 0 Å². The molecule has 0 atom stereocenters. The molecule has 18 heavy (non-hydrogen) atoms. The van der Waals surface area contributed by atoms with E-state index in [1.54, 1.807) is 0 Å². The highest BCUT2D eigenvalue weighted by atomic mass is 35.5. The first kappa shape index (κ1) is 14.2. The molecular formula is C8H8BClN5O3. The van der Waals surface area contributed by atoms with Crippen LogP contribution in [0.15, 0.2) is 61.4 Å². The third-order valence-electron chi connectivity index (χ3n) is 1.98.